The third-order valence-electron chi connectivity index (χ3n) is 4.57. The molecule has 2 nitrogen and oxygen atoms in total. The Morgan fingerprint density at radius 2 is 1.94 bits per heavy atom. The molecule has 0 radical (unpaired) electrons. The first kappa shape index (κ1) is 12.6. The van der Waals surface area contributed by atoms with E-state index in [0.29, 0.717) is 0 Å². The first-order chi connectivity index (χ1) is 8.68. The van der Waals surface area contributed by atoms with Gasteiger partial charge in [0.15, 0.2) is 0 Å². The molecule has 0 spiro atoms. The lowest BCUT2D eigenvalue weighted by Gasteiger charge is -2.39. The SMILES string of the molecule is Cc1csc(C(C)(NC2CC2)C2CCCCC2)n1. The molecule has 18 heavy (non-hydrogen) atoms. The van der Waals surface area contributed by atoms with Gasteiger partial charge in [0.05, 0.1) is 5.54 Å². The Labute approximate surface area is 114 Å². The van der Waals surface area contributed by atoms with Crippen molar-refractivity contribution in [3.8, 4) is 0 Å². The minimum atomic E-state index is 0.126. The summed E-state index contributed by atoms with van der Waals surface area (Å²) in [4.78, 5) is 4.79. The smallest absolute Gasteiger partial charge is 0.113 e. The molecule has 0 amide bonds. The maximum absolute atomic E-state index is 4.79. The van der Waals surface area contributed by atoms with Crippen molar-refractivity contribution in [1.82, 2.24) is 10.3 Å². The van der Waals surface area contributed by atoms with Crippen molar-refractivity contribution in [2.24, 2.45) is 5.92 Å². The van der Waals surface area contributed by atoms with Crippen molar-refractivity contribution < 1.29 is 0 Å². The summed E-state index contributed by atoms with van der Waals surface area (Å²) < 4.78 is 0. The third-order valence-corrected chi connectivity index (χ3v) is 5.76. The zero-order chi connectivity index (χ0) is 12.6. The standard InChI is InChI=1S/C15H24N2S/c1-11-10-18-14(16-11)15(2,17-13-8-9-13)12-6-4-3-5-7-12/h10,12-13,17H,3-9H2,1-2H3. The Balaban J connectivity index is 1.85. The molecule has 2 saturated carbocycles. The molecule has 2 aliphatic carbocycles. The van der Waals surface area contributed by atoms with E-state index >= 15 is 0 Å². The lowest BCUT2D eigenvalue weighted by atomic mass is 9.75. The molecule has 100 valence electrons. The van der Waals surface area contributed by atoms with Gasteiger partial charge < -0.3 is 5.32 Å². The van der Waals surface area contributed by atoms with Crippen LogP contribution in [-0.2, 0) is 5.54 Å². The summed E-state index contributed by atoms with van der Waals surface area (Å²) in [6.07, 6.45) is 9.67. The van der Waals surface area contributed by atoms with Gasteiger partial charge in [-0.25, -0.2) is 4.98 Å². The van der Waals surface area contributed by atoms with Gasteiger partial charge in [0.1, 0.15) is 5.01 Å². The molecule has 1 aromatic rings. The van der Waals surface area contributed by atoms with E-state index < -0.39 is 0 Å². The van der Waals surface area contributed by atoms with Crippen molar-refractivity contribution in [2.75, 3.05) is 0 Å². The second-order valence-corrected chi connectivity index (χ2v) is 7.11. The van der Waals surface area contributed by atoms with Gasteiger partial charge in [0.2, 0.25) is 0 Å². The molecular weight excluding hydrogens is 240 g/mol. The van der Waals surface area contributed by atoms with Gasteiger partial charge in [-0.05, 0) is 45.4 Å². The van der Waals surface area contributed by atoms with Crippen LogP contribution in [0.4, 0.5) is 0 Å². The van der Waals surface area contributed by atoms with Crippen LogP contribution >= 0.6 is 11.3 Å². The first-order valence-corrected chi connectivity index (χ1v) is 8.27. The summed E-state index contributed by atoms with van der Waals surface area (Å²) >= 11 is 1.85. The zero-order valence-electron chi connectivity index (χ0n) is 11.5. The van der Waals surface area contributed by atoms with Crippen LogP contribution in [-0.4, -0.2) is 11.0 Å². The minimum absolute atomic E-state index is 0.126. The third kappa shape index (κ3) is 2.48. The van der Waals surface area contributed by atoms with E-state index in [1.165, 1.54) is 55.6 Å². The molecule has 1 unspecified atom stereocenters. The summed E-state index contributed by atoms with van der Waals surface area (Å²) in [6, 6.07) is 0.751. The molecule has 1 aromatic heterocycles. The van der Waals surface area contributed by atoms with Crippen molar-refractivity contribution >= 4 is 11.3 Å². The molecule has 0 aromatic carbocycles. The van der Waals surface area contributed by atoms with Gasteiger partial charge in [-0.3, -0.25) is 0 Å². The quantitative estimate of drug-likeness (QED) is 0.889. The maximum Gasteiger partial charge on any atom is 0.113 e. The van der Waals surface area contributed by atoms with Crippen LogP contribution in [0.15, 0.2) is 5.38 Å². The number of hydrogen-bond acceptors (Lipinski definition) is 3. The fourth-order valence-corrected chi connectivity index (χ4v) is 4.28. The zero-order valence-corrected chi connectivity index (χ0v) is 12.4. The highest BCUT2D eigenvalue weighted by molar-refractivity contribution is 7.09. The first-order valence-electron chi connectivity index (χ1n) is 7.39. The largest absolute Gasteiger partial charge is 0.303 e. The van der Waals surface area contributed by atoms with Gasteiger partial charge in [-0.2, -0.15) is 0 Å². The lowest BCUT2D eigenvalue weighted by molar-refractivity contribution is 0.174. The van der Waals surface area contributed by atoms with E-state index in [2.05, 4.69) is 24.5 Å². The minimum Gasteiger partial charge on any atom is -0.303 e. The molecule has 2 fully saturated rings. The topological polar surface area (TPSA) is 24.9 Å². The van der Waals surface area contributed by atoms with Gasteiger partial charge in [-0.15, -0.1) is 11.3 Å². The predicted molar refractivity (Wildman–Crippen MR) is 76.9 cm³/mol. The molecular formula is C15H24N2S. The van der Waals surface area contributed by atoms with Crippen molar-refractivity contribution in [1.29, 1.82) is 0 Å². The van der Waals surface area contributed by atoms with Crippen LogP contribution in [0.2, 0.25) is 0 Å². The average Bonchev–Trinajstić information content (AvgIpc) is 3.08. The predicted octanol–water partition coefficient (Wildman–Crippen LogP) is 4.00. The molecule has 1 N–H and O–H groups in total. The molecule has 1 heterocycles. The average molecular weight is 264 g/mol. The molecule has 3 heteroatoms. The van der Waals surface area contributed by atoms with Crippen LogP contribution in [0.5, 0.6) is 0 Å². The molecule has 0 saturated heterocycles. The molecule has 3 rings (SSSR count). The van der Waals surface area contributed by atoms with Crippen LogP contribution in [0.3, 0.4) is 0 Å². The van der Waals surface area contributed by atoms with E-state index in [4.69, 9.17) is 4.98 Å². The number of aryl methyl sites for hydroxylation is 1. The second kappa shape index (κ2) is 4.93. The number of nitrogens with one attached hydrogen (secondary N) is 1. The van der Waals surface area contributed by atoms with Gasteiger partial charge in [0.25, 0.3) is 0 Å². The fourth-order valence-electron chi connectivity index (χ4n) is 3.28. The Hall–Kier alpha value is -0.410. The number of hydrogen-bond donors (Lipinski definition) is 1. The highest BCUT2D eigenvalue weighted by atomic mass is 32.1. The monoisotopic (exact) mass is 264 g/mol. The number of aromatic nitrogens is 1. The lowest BCUT2D eigenvalue weighted by Crippen LogP contribution is -2.47. The number of thiazole rings is 1. The highest BCUT2D eigenvalue weighted by Gasteiger charge is 2.42. The van der Waals surface area contributed by atoms with Crippen molar-refractivity contribution in [2.45, 2.75) is 70.4 Å². The van der Waals surface area contributed by atoms with E-state index in [0.717, 1.165) is 12.0 Å². The van der Waals surface area contributed by atoms with Gasteiger partial charge >= 0.3 is 0 Å². The van der Waals surface area contributed by atoms with E-state index in [1.807, 2.05) is 11.3 Å². The summed E-state index contributed by atoms with van der Waals surface area (Å²) in [5.74, 6) is 0.775. The fraction of sp³-hybridized carbons (Fsp3) is 0.800. The second-order valence-electron chi connectivity index (χ2n) is 6.25. The number of rotatable bonds is 4. The molecule has 1 atom stereocenters. The van der Waals surface area contributed by atoms with E-state index in [9.17, 15) is 0 Å². The molecule has 2 aliphatic rings. The molecule has 0 aliphatic heterocycles. The van der Waals surface area contributed by atoms with Crippen molar-refractivity contribution in [3.05, 3.63) is 16.1 Å². The van der Waals surface area contributed by atoms with Crippen LogP contribution in [0, 0.1) is 12.8 Å². The Morgan fingerprint density at radius 3 is 2.50 bits per heavy atom. The summed E-state index contributed by atoms with van der Waals surface area (Å²) in [5.41, 5.74) is 1.30. The summed E-state index contributed by atoms with van der Waals surface area (Å²) in [5, 5.41) is 7.43. The van der Waals surface area contributed by atoms with E-state index in [1.54, 1.807) is 0 Å². The Morgan fingerprint density at radius 1 is 1.22 bits per heavy atom. The van der Waals surface area contributed by atoms with E-state index in [-0.39, 0.29) is 5.54 Å². The summed E-state index contributed by atoms with van der Waals surface area (Å²) in [7, 11) is 0. The molecule has 0 bridgehead atoms. The van der Waals surface area contributed by atoms with Gasteiger partial charge in [0, 0.05) is 17.1 Å². The highest BCUT2D eigenvalue weighted by Crippen LogP contribution is 2.42. The van der Waals surface area contributed by atoms with Gasteiger partial charge in [-0.1, -0.05) is 19.3 Å². The maximum atomic E-state index is 4.79. The van der Waals surface area contributed by atoms with Crippen LogP contribution in [0.25, 0.3) is 0 Å². The van der Waals surface area contributed by atoms with Crippen LogP contribution in [0.1, 0.15) is 62.6 Å². The Bertz CT molecular complexity index is 404. The Kier molecular flexibility index (Phi) is 3.46. The number of nitrogens with zero attached hydrogens (tertiary/aromatic N) is 1. The van der Waals surface area contributed by atoms with Crippen LogP contribution < -0.4 is 5.32 Å². The summed E-state index contributed by atoms with van der Waals surface area (Å²) in [6.45, 7) is 4.51. The normalized spacial score (nSPS) is 25.0. The van der Waals surface area contributed by atoms with Crippen molar-refractivity contribution in [3.63, 3.8) is 0 Å².